The first kappa shape index (κ1) is 20.0. The Labute approximate surface area is 175 Å². The lowest BCUT2D eigenvalue weighted by atomic mass is 10.2. The summed E-state index contributed by atoms with van der Waals surface area (Å²) >= 11 is 6.60. The topological polar surface area (TPSA) is 110 Å². The van der Waals surface area contributed by atoms with Gasteiger partial charge >= 0.3 is 0 Å². The van der Waals surface area contributed by atoms with Gasteiger partial charge in [0.1, 0.15) is 22.5 Å². The zero-order chi connectivity index (χ0) is 20.3. The molecule has 0 atom stereocenters. The van der Waals surface area contributed by atoms with E-state index < -0.39 is 0 Å². The molecule has 2 heterocycles. The number of H-pyrrole nitrogens is 2. The Morgan fingerprint density at radius 3 is 1.50 bits per heavy atom. The normalized spacial score (nSPS) is 10.4. The lowest BCUT2D eigenvalue weighted by molar-refractivity contribution is 0.418. The van der Waals surface area contributed by atoms with Crippen LogP contribution in [-0.2, 0) is 0 Å². The van der Waals surface area contributed by atoms with Crippen LogP contribution in [0.15, 0.2) is 55.5 Å². The fourth-order valence-corrected chi connectivity index (χ4v) is 3.41. The Bertz CT molecular complexity index is 1170. The molecule has 0 saturated heterocycles. The molecular formula is C18H14Br2N4O4. The number of ether oxygens (including phenoxy) is 2. The SMILES string of the molecule is COc1cc(Br)cc2c(=O)[nH]cnc12.COc1cc(Br)cc2c(=O)[nH]cnc12. The van der Waals surface area contributed by atoms with Crippen LogP contribution in [0.25, 0.3) is 21.8 Å². The summed E-state index contributed by atoms with van der Waals surface area (Å²) in [6, 6.07) is 6.97. The number of hydrogen-bond acceptors (Lipinski definition) is 6. The van der Waals surface area contributed by atoms with Crippen LogP contribution >= 0.6 is 31.9 Å². The van der Waals surface area contributed by atoms with Crippen LogP contribution in [0, 0.1) is 0 Å². The van der Waals surface area contributed by atoms with E-state index in [9.17, 15) is 9.59 Å². The average Bonchev–Trinajstić information content (AvgIpc) is 2.69. The number of hydrogen-bond donors (Lipinski definition) is 2. The zero-order valence-electron chi connectivity index (χ0n) is 14.7. The third-order valence-corrected chi connectivity index (χ3v) is 4.70. The highest BCUT2D eigenvalue weighted by Crippen LogP contribution is 2.26. The van der Waals surface area contributed by atoms with E-state index in [2.05, 4.69) is 51.8 Å². The number of methoxy groups -OCH3 is 2. The van der Waals surface area contributed by atoms with Crippen LogP contribution in [-0.4, -0.2) is 34.2 Å². The number of aromatic nitrogens is 4. The number of aromatic amines is 2. The highest BCUT2D eigenvalue weighted by Gasteiger charge is 2.07. The highest BCUT2D eigenvalue weighted by atomic mass is 79.9. The number of rotatable bonds is 2. The predicted octanol–water partition coefficient (Wildman–Crippen LogP) is 3.39. The molecule has 4 aromatic rings. The first-order valence-corrected chi connectivity index (χ1v) is 9.45. The second-order valence-corrected chi connectivity index (χ2v) is 7.30. The summed E-state index contributed by atoms with van der Waals surface area (Å²) in [7, 11) is 3.09. The minimum absolute atomic E-state index is 0.172. The van der Waals surface area contributed by atoms with Crippen LogP contribution in [0.2, 0.25) is 0 Å². The second-order valence-electron chi connectivity index (χ2n) is 5.47. The molecule has 0 amide bonds. The fraction of sp³-hybridized carbons (Fsp3) is 0.111. The summed E-state index contributed by atoms with van der Waals surface area (Å²) in [5.74, 6) is 1.17. The van der Waals surface area contributed by atoms with Crippen molar-refractivity contribution in [2.45, 2.75) is 0 Å². The quantitative estimate of drug-likeness (QED) is 0.428. The van der Waals surface area contributed by atoms with Crippen molar-refractivity contribution in [2.24, 2.45) is 0 Å². The fourth-order valence-electron chi connectivity index (χ4n) is 2.54. The number of benzene rings is 2. The van der Waals surface area contributed by atoms with Gasteiger partial charge in [0.05, 0.1) is 37.6 Å². The standard InChI is InChI=1S/2C9H7BrN2O2/c2*1-14-7-3-5(10)2-6-8(7)11-4-12-9(6)13/h2*2-4H,1H3,(H,11,12,13). The molecule has 0 bridgehead atoms. The Kier molecular flexibility index (Phi) is 6.10. The van der Waals surface area contributed by atoms with E-state index in [0.29, 0.717) is 33.3 Å². The van der Waals surface area contributed by atoms with Crippen molar-refractivity contribution in [1.82, 2.24) is 19.9 Å². The molecule has 2 N–H and O–H groups in total. The molecule has 8 nitrogen and oxygen atoms in total. The maximum absolute atomic E-state index is 11.4. The third kappa shape index (κ3) is 4.07. The Hall–Kier alpha value is -2.72. The molecule has 144 valence electrons. The van der Waals surface area contributed by atoms with Crippen LogP contribution < -0.4 is 20.6 Å². The van der Waals surface area contributed by atoms with Gasteiger partial charge < -0.3 is 19.4 Å². The summed E-state index contributed by atoms with van der Waals surface area (Å²) in [5.41, 5.74) is 0.795. The first-order valence-electron chi connectivity index (χ1n) is 7.86. The zero-order valence-corrected chi connectivity index (χ0v) is 17.9. The van der Waals surface area contributed by atoms with Gasteiger partial charge in [-0.3, -0.25) is 9.59 Å². The van der Waals surface area contributed by atoms with Gasteiger partial charge in [0.15, 0.2) is 0 Å². The lowest BCUT2D eigenvalue weighted by Crippen LogP contribution is -2.06. The molecule has 0 aliphatic carbocycles. The van der Waals surface area contributed by atoms with E-state index in [1.807, 2.05) is 0 Å². The molecule has 2 aromatic heterocycles. The molecule has 10 heteroatoms. The molecule has 0 aliphatic heterocycles. The first-order chi connectivity index (χ1) is 13.4. The molecule has 0 saturated carbocycles. The van der Waals surface area contributed by atoms with Crippen molar-refractivity contribution in [3.05, 3.63) is 66.6 Å². The number of nitrogens with one attached hydrogen (secondary N) is 2. The minimum Gasteiger partial charge on any atom is -0.494 e. The van der Waals surface area contributed by atoms with Gasteiger partial charge in [0.25, 0.3) is 11.1 Å². The molecular weight excluding hydrogens is 496 g/mol. The van der Waals surface area contributed by atoms with Crippen molar-refractivity contribution in [1.29, 1.82) is 0 Å². The van der Waals surface area contributed by atoms with Gasteiger partial charge in [-0.15, -0.1) is 0 Å². The van der Waals surface area contributed by atoms with Crippen LogP contribution in [0.1, 0.15) is 0 Å². The molecule has 0 aliphatic rings. The molecule has 0 spiro atoms. The van der Waals surface area contributed by atoms with E-state index in [0.717, 1.165) is 8.95 Å². The van der Waals surface area contributed by atoms with Gasteiger partial charge in [0.2, 0.25) is 0 Å². The Morgan fingerprint density at radius 1 is 0.750 bits per heavy atom. The van der Waals surface area contributed by atoms with Gasteiger partial charge in [-0.25, -0.2) is 9.97 Å². The van der Waals surface area contributed by atoms with Gasteiger partial charge in [-0.05, 0) is 24.3 Å². The van der Waals surface area contributed by atoms with Crippen LogP contribution in [0.5, 0.6) is 11.5 Å². The minimum atomic E-state index is -0.172. The van der Waals surface area contributed by atoms with E-state index in [1.165, 1.54) is 12.7 Å². The van der Waals surface area contributed by atoms with E-state index in [4.69, 9.17) is 9.47 Å². The van der Waals surface area contributed by atoms with Crippen molar-refractivity contribution >= 4 is 53.7 Å². The van der Waals surface area contributed by atoms with Crippen molar-refractivity contribution in [3.8, 4) is 11.5 Å². The monoisotopic (exact) mass is 508 g/mol. The summed E-state index contributed by atoms with van der Waals surface area (Å²) in [6.07, 6.45) is 2.72. The molecule has 4 rings (SSSR count). The van der Waals surface area contributed by atoms with E-state index in [1.54, 1.807) is 38.5 Å². The van der Waals surface area contributed by atoms with Gasteiger partial charge in [-0.1, -0.05) is 31.9 Å². The maximum Gasteiger partial charge on any atom is 0.258 e. The Morgan fingerprint density at radius 2 is 1.14 bits per heavy atom. The highest BCUT2D eigenvalue weighted by molar-refractivity contribution is 9.10. The molecule has 0 radical (unpaired) electrons. The summed E-state index contributed by atoms with van der Waals surface area (Å²) < 4.78 is 11.8. The summed E-state index contributed by atoms with van der Waals surface area (Å²) in [6.45, 7) is 0. The predicted molar refractivity (Wildman–Crippen MR) is 113 cm³/mol. The van der Waals surface area contributed by atoms with Gasteiger partial charge in [-0.2, -0.15) is 0 Å². The summed E-state index contributed by atoms with van der Waals surface area (Å²) in [4.78, 5) is 36.0. The molecule has 0 unspecified atom stereocenters. The van der Waals surface area contributed by atoms with Crippen molar-refractivity contribution in [2.75, 3.05) is 14.2 Å². The number of nitrogens with zero attached hydrogens (tertiary/aromatic N) is 2. The molecule has 0 fully saturated rings. The smallest absolute Gasteiger partial charge is 0.258 e. The van der Waals surface area contributed by atoms with Crippen molar-refractivity contribution < 1.29 is 9.47 Å². The van der Waals surface area contributed by atoms with Crippen molar-refractivity contribution in [3.63, 3.8) is 0 Å². The van der Waals surface area contributed by atoms with E-state index in [-0.39, 0.29) is 11.1 Å². The van der Waals surface area contributed by atoms with Crippen LogP contribution in [0.3, 0.4) is 0 Å². The molecule has 28 heavy (non-hydrogen) atoms. The Balaban J connectivity index is 0.000000161. The molecule has 2 aromatic carbocycles. The summed E-state index contributed by atoms with van der Waals surface area (Å²) in [5, 5.41) is 1.03. The van der Waals surface area contributed by atoms with E-state index >= 15 is 0 Å². The maximum atomic E-state index is 11.4. The van der Waals surface area contributed by atoms with Gasteiger partial charge in [0, 0.05) is 8.95 Å². The third-order valence-electron chi connectivity index (χ3n) is 3.79. The second kappa shape index (κ2) is 8.53. The largest absolute Gasteiger partial charge is 0.494 e. The number of halogens is 2. The van der Waals surface area contributed by atoms with Crippen LogP contribution in [0.4, 0.5) is 0 Å². The lowest BCUT2D eigenvalue weighted by Gasteiger charge is -2.03. The average molecular weight is 510 g/mol. The number of fused-ring (bicyclic) bond motifs is 2.